The Morgan fingerprint density at radius 2 is 2.20 bits per heavy atom. The Labute approximate surface area is 96.6 Å². The second kappa shape index (κ2) is 5.91. The van der Waals surface area contributed by atoms with Crippen molar-refractivity contribution in [2.75, 3.05) is 23.9 Å². The van der Waals surface area contributed by atoms with Crippen LogP contribution in [0, 0.1) is 6.92 Å². The fraction of sp³-hybridized carbons (Fsp3) is 0.500. The van der Waals surface area contributed by atoms with Gasteiger partial charge in [-0.05, 0) is 37.3 Å². The van der Waals surface area contributed by atoms with E-state index in [1.807, 2.05) is 24.8 Å². The molecule has 3 heteroatoms. The molecule has 0 aliphatic carbocycles. The molecule has 0 aliphatic heterocycles. The van der Waals surface area contributed by atoms with Crippen LogP contribution in [0.4, 0.5) is 11.4 Å². The number of nitrogens with one attached hydrogen (secondary N) is 1. The van der Waals surface area contributed by atoms with E-state index >= 15 is 0 Å². The van der Waals surface area contributed by atoms with Crippen LogP contribution in [0.15, 0.2) is 18.2 Å². The zero-order valence-corrected chi connectivity index (χ0v) is 10.5. The van der Waals surface area contributed by atoms with Crippen molar-refractivity contribution >= 4 is 23.1 Å². The summed E-state index contributed by atoms with van der Waals surface area (Å²) in [4.78, 5) is 0. The maximum absolute atomic E-state index is 5.83. The number of thioether (sulfide) groups is 1. The lowest BCUT2D eigenvalue weighted by atomic mass is 10.2. The van der Waals surface area contributed by atoms with Gasteiger partial charge < -0.3 is 11.1 Å². The van der Waals surface area contributed by atoms with Gasteiger partial charge in [-0.3, -0.25) is 0 Å². The normalized spacial score (nSPS) is 12.5. The summed E-state index contributed by atoms with van der Waals surface area (Å²) in [5, 5.41) is 4.09. The van der Waals surface area contributed by atoms with E-state index in [9.17, 15) is 0 Å². The number of anilines is 2. The zero-order valence-electron chi connectivity index (χ0n) is 9.71. The highest BCUT2D eigenvalue weighted by atomic mass is 32.2. The molecule has 0 heterocycles. The van der Waals surface area contributed by atoms with E-state index in [4.69, 9.17) is 5.73 Å². The van der Waals surface area contributed by atoms with E-state index in [1.54, 1.807) is 0 Å². The Hall–Kier alpha value is -0.830. The van der Waals surface area contributed by atoms with Crippen LogP contribution in [-0.2, 0) is 0 Å². The Morgan fingerprint density at radius 3 is 2.80 bits per heavy atom. The molecule has 0 aromatic heterocycles. The van der Waals surface area contributed by atoms with Crippen LogP contribution in [0.1, 0.15) is 18.9 Å². The number of nitrogen functional groups attached to an aromatic ring is 1. The average Bonchev–Trinajstić information content (AvgIpc) is 2.23. The number of hydrogen-bond donors (Lipinski definition) is 2. The number of benzene rings is 1. The minimum atomic E-state index is 0.709. The first-order valence-corrected chi connectivity index (χ1v) is 6.55. The highest BCUT2D eigenvalue weighted by Gasteiger charge is 1.99. The van der Waals surface area contributed by atoms with E-state index in [-0.39, 0.29) is 0 Å². The van der Waals surface area contributed by atoms with Crippen LogP contribution >= 0.6 is 11.8 Å². The first kappa shape index (κ1) is 12.2. The fourth-order valence-electron chi connectivity index (χ4n) is 1.29. The first-order chi connectivity index (χ1) is 7.13. The molecule has 84 valence electrons. The molecule has 1 aromatic rings. The standard InChI is InChI=1S/C12H20N2S/c1-9-4-5-11(8-12(9)13)14-7-6-10(2)15-3/h4-5,8,10,14H,6-7,13H2,1-3H3. The molecular weight excluding hydrogens is 204 g/mol. The van der Waals surface area contributed by atoms with Crippen LogP contribution in [0.5, 0.6) is 0 Å². The molecular formula is C12H20N2S. The molecule has 15 heavy (non-hydrogen) atoms. The van der Waals surface area contributed by atoms with Gasteiger partial charge in [0.2, 0.25) is 0 Å². The monoisotopic (exact) mass is 224 g/mol. The van der Waals surface area contributed by atoms with Gasteiger partial charge in [0.25, 0.3) is 0 Å². The fourth-order valence-corrected chi connectivity index (χ4v) is 1.64. The summed E-state index contributed by atoms with van der Waals surface area (Å²) in [5.41, 5.74) is 8.95. The summed E-state index contributed by atoms with van der Waals surface area (Å²) in [6.07, 6.45) is 3.32. The molecule has 0 saturated heterocycles. The van der Waals surface area contributed by atoms with Crippen LogP contribution in [-0.4, -0.2) is 18.1 Å². The molecule has 0 aliphatic rings. The minimum absolute atomic E-state index is 0.709. The van der Waals surface area contributed by atoms with Gasteiger partial charge >= 0.3 is 0 Å². The summed E-state index contributed by atoms with van der Waals surface area (Å²) in [6, 6.07) is 6.13. The molecule has 0 fully saturated rings. The second-order valence-electron chi connectivity index (χ2n) is 3.83. The highest BCUT2D eigenvalue weighted by molar-refractivity contribution is 7.99. The largest absolute Gasteiger partial charge is 0.398 e. The van der Waals surface area contributed by atoms with Crippen LogP contribution in [0.2, 0.25) is 0 Å². The minimum Gasteiger partial charge on any atom is -0.398 e. The first-order valence-electron chi connectivity index (χ1n) is 5.26. The Balaban J connectivity index is 2.41. The number of hydrogen-bond acceptors (Lipinski definition) is 3. The molecule has 1 atom stereocenters. The maximum Gasteiger partial charge on any atom is 0.0364 e. The quantitative estimate of drug-likeness (QED) is 0.755. The summed E-state index contributed by atoms with van der Waals surface area (Å²) in [6.45, 7) is 5.27. The smallest absolute Gasteiger partial charge is 0.0364 e. The van der Waals surface area contributed by atoms with Crippen molar-refractivity contribution in [3.05, 3.63) is 23.8 Å². The predicted molar refractivity (Wildman–Crippen MR) is 71.7 cm³/mol. The lowest BCUT2D eigenvalue weighted by molar-refractivity contribution is 0.854. The molecule has 0 bridgehead atoms. The Bertz CT molecular complexity index is 312. The van der Waals surface area contributed by atoms with Gasteiger partial charge in [0.05, 0.1) is 0 Å². The van der Waals surface area contributed by atoms with Gasteiger partial charge in [-0.25, -0.2) is 0 Å². The van der Waals surface area contributed by atoms with E-state index in [2.05, 4.69) is 30.6 Å². The Morgan fingerprint density at radius 1 is 1.47 bits per heavy atom. The summed E-state index contributed by atoms with van der Waals surface area (Å²) >= 11 is 1.90. The molecule has 2 nitrogen and oxygen atoms in total. The van der Waals surface area contributed by atoms with E-state index in [1.165, 1.54) is 6.42 Å². The summed E-state index contributed by atoms with van der Waals surface area (Å²) < 4.78 is 0. The third kappa shape index (κ3) is 4.04. The zero-order chi connectivity index (χ0) is 11.3. The molecule has 1 aromatic carbocycles. The summed E-state index contributed by atoms with van der Waals surface area (Å²) in [5.74, 6) is 0. The van der Waals surface area contributed by atoms with E-state index < -0.39 is 0 Å². The van der Waals surface area contributed by atoms with Gasteiger partial charge in [0.15, 0.2) is 0 Å². The maximum atomic E-state index is 5.83. The molecule has 0 spiro atoms. The highest BCUT2D eigenvalue weighted by Crippen LogP contribution is 2.17. The van der Waals surface area contributed by atoms with Crippen LogP contribution in [0.3, 0.4) is 0 Å². The van der Waals surface area contributed by atoms with Gasteiger partial charge in [-0.2, -0.15) is 11.8 Å². The van der Waals surface area contributed by atoms with E-state index in [0.717, 1.165) is 23.5 Å². The van der Waals surface area contributed by atoms with Gasteiger partial charge in [0, 0.05) is 23.2 Å². The van der Waals surface area contributed by atoms with Crippen LogP contribution < -0.4 is 11.1 Å². The number of rotatable bonds is 5. The van der Waals surface area contributed by atoms with Crippen molar-refractivity contribution in [2.45, 2.75) is 25.5 Å². The van der Waals surface area contributed by atoms with Crippen molar-refractivity contribution in [3.8, 4) is 0 Å². The summed E-state index contributed by atoms with van der Waals surface area (Å²) in [7, 11) is 0. The average molecular weight is 224 g/mol. The Kier molecular flexibility index (Phi) is 4.82. The third-order valence-corrected chi connectivity index (χ3v) is 3.60. The van der Waals surface area contributed by atoms with Gasteiger partial charge in [-0.15, -0.1) is 0 Å². The number of aryl methyl sites for hydroxylation is 1. The second-order valence-corrected chi connectivity index (χ2v) is 5.11. The molecule has 0 amide bonds. The molecule has 0 saturated carbocycles. The molecule has 0 radical (unpaired) electrons. The molecule has 3 N–H and O–H groups in total. The SMILES string of the molecule is CSC(C)CCNc1ccc(C)c(N)c1. The van der Waals surface area contributed by atoms with Crippen LogP contribution in [0.25, 0.3) is 0 Å². The van der Waals surface area contributed by atoms with Crippen molar-refractivity contribution < 1.29 is 0 Å². The third-order valence-electron chi connectivity index (χ3n) is 2.56. The van der Waals surface area contributed by atoms with Crippen molar-refractivity contribution in [3.63, 3.8) is 0 Å². The van der Waals surface area contributed by atoms with E-state index in [0.29, 0.717) is 5.25 Å². The molecule has 1 rings (SSSR count). The van der Waals surface area contributed by atoms with Gasteiger partial charge in [0.1, 0.15) is 0 Å². The predicted octanol–water partition coefficient (Wildman–Crippen LogP) is 3.13. The lowest BCUT2D eigenvalue weighted by Gasteiger charge is -2.11. The topological polar surface area (TPSA) is 38.0 Å². The van der Waals surface area contributed by atoms with Gasteiger partial charge in [-0.1, -0.05) is 13.0 Å². The molecule has 1 unspecified atom stereocenters. The van der Waals surface area contributed by atoms with Crippen molar-refractivity contribution in [1.82, 2.24) is 0 Å². The van der Waals surface area contributed by atoms with Crippen molar-refractivity contribution in [1.29, 1.82) is 0 Å². The van der Waals surface area contributed by atoms with Crippen molar-refractivity contribution in [2.24, 2.45) is 0 Å². The number of nitrogens with two attached hydrogens (primary N) is 1. The lowest BCUT2D eigenvalue weighted by Crippen LogP contribution is -2.07.